The lowest BCUT2D eigenvalue weighted by atomic mass is 10.0. The van der Waals surface area contributed by atoms with Gasteiger partial charge in [0.25, 0.3) is 0 Å². The zero-order valence-corrected chi connectivity index (χ0v) is 17.0. The molecule has 0 N–H and O–H groups in total. The van der Waals surface area contributed by atoms with Crippen molar-refractivity contribution in [2.75, 3.05) is 0 Å². The summed E-state index contributed by atoms with van der Waals surface area (Å²) in [5.41, 5.74) is 3.03. The summed E-state index contributed by atoms with van der Waals surface area (Å²) in [7, 11) is 0. The van der Waals surface area contributed by atoms with Crippen LogP contribution in [0.25, 0.3) is 0 Å². The van der Waals surface area contributed by atoms with E-state index in [4.69, 9.17) is 0 Å². The molecule has 0 heterocycles. The Hall–Kier alpha value is -0.780. The Balaban J connectivity index is 1.87. The van der Waals surface area contributed by atoms with E-state index in [1.165, 1.54) is 114 Å². The second-order valence-electron chi connectivity index (χ2n) is 7.77. The molecule has 0 unspecified atom stereocenters. The topological polar surface area (TPSA) is 0 Å². The van der Waals surface area contributed by atoms with Crippen molar-refractivity contribution >= 4 is 0 Å². The monoisotopic (exact) mass is 343 g/mol. The minimum absolute atomic E-state index is 1.12. The fourth-order valence-corrected chi connectivity index (χ4v) is 3.53. The molecular formula is C25H43. The van der Waals surface area contributed by atoms with Crippen molar-refractivity contribution in [2.24, 2.45) is 0 Å². The van der Waals surface area contributed by atoms with Gasteiger partial charge in [0.15, 0.2) is 0 Å². The van der Waals surface area contributed by atoms with E-state index in [1.54, 1.807) is 0 Å². The normalized spacial score (nSPS) is 11.1. The molecule has 0 heteroatoms. The lowest BCUT2D eigenvalue weighted by Crippen LogP contribution is -1.89. The van der Waals surface area contributed by atoms with Crippen LogP contribution in [0.15, 0.2) is 24.3 Å². The van der Waals surface area contributed by atoms with Gasteiger partial charge in [-0.05, 0) is 36.8 Å². The van der Waals surface area contributed by atoms with Gasteiger partial charge in [0.2, 0.25) is 0 Å². The molecule has 0 fully saturated rings. The number of unbranched alkanes of at least 4 members (excludes halogenated alkanes) is 13. The molecule has 0 bridgehead atoms. The Bertz CT molecular complexity index is 376. The van der Waals surface area contributed by atoms with Gasteiger partial charge < -0.3 is 0 Å². The standard InChI is InChI=1S/C25H43/c1-3-5-7-8-9-10-11-12-13-14-15-16-17-19-25-22-20-24(21-23-25)18-6-4-2/h20-23H,1,3-19H2,2H3. The average Bonchev–Trinajstić information content (AvgIpc) is 2.65. The number of hydrogen-bond donors (Lipinski definition) is 0. The van der Waals surface area contributed by atoms with Crippen LogP contribution in [-0.4, -0.2) is 0 Å². The van der Waals surface area contributed by atoms with Crippen LogP contribution in [0.4, 0.5) is 0 Å². The van der Waals surface area contributed by atoms with E-state index in [9.17, 15) is 0 Å². The highest BCUT2D eigenvalue weighted by Crippen LogP contribution is 2.14. The highest BCUT2D eigenvalue weighted by atomic mass is 14.0. The molecule has 1 rings (SSSR count). The third-order valence-corrected chi connectivity index (χ3v) is 5.31. The van der Waals surface area contributed by atoms with Crippen molar-refractivity contribution in [2.45, 2.75) is 116 Å². The Morgan fingerprint density at radius 1 is 0.520 bits per heavy atom. The zero-order valence-electron chi connectivity index (χ0n) is 17.0. The fraction of sp³-hybridized carbons (Fsp3) is 0.720. The van der Waals surface area contributed by atoms with E-state index < -0.39 is 0 Å². The Labute approximate surface area is 158 Å². The van der Waals surface area contributed by atoms with Crippen LogP contribution in [0, 0.1) is 6.92 Å². The predicted octanol–water partition coefficient (Wildman–Crippen LogP) is 8.48. The molecule has 0 atom stereocenters. The molecule has 143 valence electrons. The van der Waals surface area contributed by atoms with Crippen molar-refractivity contribution in [1.29, 1.82) is 0 Å². The first-order chi connectivity index (χ1) is 12.4. The van der Waals surface area contributed by atoms with Gasteiger partial charge in [-0.25, -0.2) is 0 Å². The molecule has 25 heavy (non-hydrogen) atoms. The van der Waals surface area contributed by atoms with Crippen LogP contribution >= 0.6 is 0 Å². The van der Waals surface area contributed by atoms with Crippen molar-refractivity contribution in [3.05, 3.63) is 42.3 Å². The Morgan fingerprint density at radius 3 is 1.28 bits per heavy atom. The van der Waals surface area contributed by atoms with Gasteiger partial charge >= 0.3 is 0 Å². The SMILES string of the molecule is [CH2]CCCCCCCCCCCCCCc1ccc(CCCC)cc1. The van der Waals surface area contributed by atoms with Crippen LogP contribution < -0.4 is 0 Å². The molecule has 0 amide bonds. The van der Waals surface area contributed by atoms with Crippen LogP contribution in [0.5, 0.6) is 0 Å². The van der Waals surface area contributed by atoms with E-state index in [1.807, 2.05) is 0 Å². The maximum absolute atomic E-state index is 3.90. The van der Waals surface area contributed by atoms with Crippen LogP contribution in [0.1, 0.15) is 114 Å². The number of rotatable bonds is 17. The average molecular weight is 344 g/mol. The molecule has 1 aromatic rings. The quantitative estimate of drug-likeness (QED) is 0.249. The summed E-state index contributed by atoms with van der Waals surface area (Å²) in [4.78, 5) is 0. The molecular weight excluding hydrogens is 300 g/mol. The summed E-state index contributed by atoms with van der Waals surface area (Å²) in [6, 6.07) is 9.37. The molecule has 1 aromatic carbocycles. The number of hydrogen-bond acceptors (Lipinski definition) is 0. The first-order valence-electron chi connectivity index (χ1n) is 11.2. The lowest BCUT2D eigenvalue weighted by Gasteiger charge is -2.05. The second kappa shape index (κ2) is 16.7. The summed E-state index contributed by atoms with van der Waals surface area (Å²) < 4.78 is 0. The van der Waals surface area contributed by atoms with Gasteiger partial charge in [0.1, 0.15) is 0 Å². The summed E-state index contributed by atoms with van der Waals surface area (Å²) in [6.45, 7) is 6.17. The second-order valence-corrected chi connectivity index (χ2v) is 7.77. The Kier molecular flexibility index (Phi) is 14.8. The van der Waals surface area contributed by atoms with Gasteiger partial charge in [-0.1, -0.05) is 122 Å². The molecule has 0 spiro atoms. The van der Waals surface area contributed by atoms with Gasteiger partial charge in [-0.3, -0.25) is 0 Å². The van der Waals surface area contributed by atoms with Gasteiger partial charge in [0.05, 0.1) is 0 Å². The largest absolute Gasteiger partial charge is 0.0654 e. The number of benzene rings is 1. The van der Waals surface area contributed by atoms with Gasteiger partial charge in [-0.15, -0.1) is 0 Å². The number of aryl methyl sites for hydroxylation is 2. The molecule has 0 aliphatic rings. The third kappa shape index (κ3) is 13.1. The van der Waals surface area contributed by atoms with Crippen molar-refractivity contribution < 1.29 is 0 Å². The first-order valence-corrected chi connectivity index (χ1v) is 11.2. The van der Waals surface area contributed by atoms with Crippen molar-refractivity contribution in [1.82, 2.24) is 0 Å². The molecule has 0 saturated carbocycles. The maximum Gasteiger partial charge on any atom is -0.0279 e. The predicted molar refractivity (Wildman–Crippen MR) is 114 cm³/mol. The van der Waals surface area contributed by atoms with Crippen molar-refractivity contribution in [3.8, 4) is 0 Å². The summed E-state index contributed by atoms with van der Waals surface area (Å²) in [6.07, 6.45) is 23.3. The van der Waals surface area contributed by atoms with E-state index in [-0.39, 0.29) is 0 Å². The fourth-order valence-electron chi connectivity index (χ4n) is 3.53. The van der Waals surface area contributed by atoms with Gasteiger partial charge in [-0.2, -0.15) is 0 Å². The highest BCUT2D eigenvalue weighted by Gasteiger charge is 1.97. The smallest absolute Gasteiger partial charge is 0.0279 e. The van der Waals surface area contributed by atoms with E-state index in [0.29, 0.717) is 0 Å². The molecule has 0 aliphatic heterocycles. The van der Waals surface area contributed by atoms with Crippen molar-refractivity contribution in [3.63, 3.8) is 0 Å². The van der Waals surface area contributed by atoms with E-state index in [0.717, 1.165) is 6.42 Å². The van der Waals surface area contributed by atoms with Gasteiger partial charge in [0, 0.05) is 0 Å². The van der Waals surface area contributed by atoms with Crippen LogP contribution in [-0.2, 0) is 12.8 Å². The summed E-state index contributed by atoms with van der Waals surface area (Å²) in [5, 5.41) is 0. The maximum atomic E-state index is 3.90. The summed E-state index contributed by atoms with van der Waals surface area (Å²) >= 11 is 0. The van der Waals surface area contributed by atoms with Crippen LogP contribution in [0.3, 0.4) is 0 Å². The summed E-state index contributed by atoms with van der Waals surface area (Å²) in [5.74, 6) is 0. The Morgan fingerprint density at radius 2 is 0.880 bits per heavy atom. The molecule has 0 nitrogen and oxygen atoms in total. The molecule has 1 radical (unpaired) electrons. The lowest BCUT2D eigenvalue weighted by molar-refractivity contribution is 0.541. The van der Waals surface area contributed by atoms with E-state index >= 15 is 0 Å². The first kappa shape index (κ1) is 22.3. The van der Waals surface area contributed by atoms with E-state index in [2.05, 4.69) is 38.1 Å². The third-order valence-electron chi connectivity index (χ3n) is 5.31. The minimum atomic E-state index is 1.12. The molecule has 0 aliphatic carbocycles. The highest BCUT2D eigenvalue weighted by molar-refractivity contribution is 5.22. The zero-order chi connectivity index (χ0) is 18.0. The molecule has 0 saturated heterocycles. The van der Waals surface area contributed by atoms with Crippen LogP contribution in [0.2, 0.25) is 0 Å². The molecule has 0 aromatic heterocycles. The minimum Gasteiger partial charge on any atom is -0.0654 e.